The molecule has 1 aromatic rings. The van der Waals surface area contributed by atoms with E-state index in [0.29, 0.717) is 6.42 Å². The highest BCUT2D eigenvalue weighted by molar-refractivity contribution is 5.83. The molecule has 1 N–H and O–H groups in total. The fraction of sp³-hybridized carbons (Fsp3) is 0.529. The van der Waals surface area contributed by atoms with Crippen molar-refractivity contribution in [2.45, 2.75) is 58.6 Å². The monoisotopic (exact) mass is 352 g/mol. The first kappa shape index (κ1) is 20.4. The van der Waals surface area contributed by atoms with Crippen molar-refractivity contribution >= 4 is 17.7 Å². The van der Waals surface area contributed by atoms with Crippen molar-refractivity contribution in [2.75, 3.05) is 0 Å². The molecule has 8 heteroatoms. The van der Waals surface area contributed by atoms with Gasteiger partial charge in [-0.25, -0.2) is 9.59 Å². The average Bonchev–Trinajstić information content (AvgIpc) is 2.50. The van der Waals surface area contributed by atoms with Crippen molar-refractivity contribution in [1.82, 2.24) is 5.32 Å². The first-order valence-electron chi connectivity index (χ1n) is 8.08. The Morgan fingerprint density at radius 2 is 1.84 bits per heavy atom. The summed E-state index contributed by atoms with van der Waals surface area (Å²) in [5.41, 5.74) is -0.781. The molecule has 0 radical (unpaired) electrons. The van der Waals surface area contributed by atoms with E-state index in [1.54, 1.807) is 20.8 Å². The molecule has 0 aliphatic carbocycles. The predicted octanol–water partition coefficient (Wildman–Crippen LogP) is 3.58. The highest BCUT2D eigenvalue weighted by atomic mass is 16.6. The van der Waals surface area contributed by atoms with Crippen LogP contribution in [-0.4, -0.2) is 28.6 Å². The van der Waals surface area contributed by atoms with Crippen LogP contribution in [-0.2, 0) is 9.53 Å². The van der Waals surface area contributed by atoms with Gasteiger partial charge in [0.15, 0.2) is 0 Å². The summed E-state index contributed by atoms with van der Waals surface area (Å²) in [6.45, 7) is 7.14. The van der Waals surface area contributed by atoms with Crippen molar-refractivity contribution in [1.29, 1.82) is 0 Å². The summed E-state index contributed by atoms with van der Waals surface area (Å²) in [6.07, 6.45) is 1.27. The quantitative estimate of drug-likeness (QED) is 0.348. The van der Waals surface area contributed by atoms with Crippen molar-refractivity contribution in [2.24, 2.45) is 0 Å². The lowest BCUT2D eigenvalue weighted by Crippen LogP contribution is -2.45. The number of hydrogen-bond acceptors (Lipinski definition) is 6. The molecule has 0 saturated heterocycles. The number of nitro groups is 1. The van der Waals surface area contributed by atoms with Crippen molar-refractivity contribution in [3.05, 3.63) is 34.4 Å². The van der Waals surface area contributed by atoms with Gasteiger partial charge in [-0.2, -0.15) is 0 Å². The molecule has 0 fully saturated rings. The van der Waals surface area contributed by atoms with Crippen LogP contribution in [0.15, 0.2) is 24.3 Å². The van der Waals surface area contributed by atoms with Crippen LogP contribution in [0.5, 0.6) is 5.75 Å². The number of rotatable bonds is 7. The summed E-state index contributed by atoms with van der Waals surface area (Å²) in [6, 6.07) is 4.29. The van der Waals surface area contributed by atoms with E-state index in [9.17, 15) is 19.7 Å². The summed E-state index contributed by atoms with van der Waals surface area (Å²) in [7, 11) is 0. The summed E-state index contributed by atoms with van der Waals surface area (Å²) in [5.74, 6) is -0.476. The van der Waals surface area contributed by atoms with Gasteiger partial charge in [0.05, 0.1) is 4.92 Å². The zero-order valence-corrected chi connectivity index (χ0v) is 14.9. The maximum absolute atomic E-state index is 12.3. The largest absolute Gasteiger partial charge is 0.444 e. The Hall–Kier alpha value is -2.64. The molecule has 0 aromatic heterocycles. The zero-order valence-electron chi connectivity index (χ0n) is 14.9. The molecule has 0 bridgehead atoms. The molecular weight excluding hydrogens is 328 g/mol. The van der Waals surface area contributed by atoms with Crippen LogP contribution >= 0.6 is 0 Å². The van der Waals surface area contributed by atoms with E-state index < -0.39 is 28.6 Å². The average molecular weight is 352 g/mol. The number of hydrogen-bond donors (Lipinski definition) is 1. The topological polar surface area (TPSA) is 108 Å². The molecule has 0 unspecified atom stereocenters. The zero-order chi connectivity index (χ0) is 19.0. The van der Waals surface area contributed by atoms with E-state index in [1.165, 1.54) is 24.3 Å². The number of nitrogens with zero attached hydrogens (tertiary/aromatic N) is 1. The first-order chi connectivity index (χ1) is 11.6. The van der Waals surface area contributed by atoms with Gasteiger partial charge in [0, 0.05) is 12.1 Å². The van der Waals surface area contributed by atoms with Crippen LogP contribution in [0.2, 0.25) is 0 Å². The van der Waals surface area contributed by atoms with Gasteiger partial charge in [0.1, 0.15) is 17.4 Å². The Morgan fingerprint density at radius 3 is 2.32 bits per heavy atom. The number of unbranched alkanes of at least 4 members (excludes halogenated alkanes) is 1. The second kappa shape index (κ2) is 9.00. The molecule has 0 aliphatic heterocycles. The predicted molar refractivity (Wildman–Crippen MR) is 91.4 cm³/mol. The maximum Gasteiger partial charge on any atom is 0.408 e. The SMILES string of the molecule is CCCC[C@H](NC(=O)OC(C)(C)C)C(=O)Oc1ccc([N+](=O)[O-])cc1. The van der Waals surface area contributed by atoms with Gasteiger partial charge in [-0.15, -0.1) is 0 Å². The van der Waals surface area contributed by atoms with Crippen molar-refractivity contribution in [3.8, 4) is 5.75 Å². The number of alkyl carbamates (subject to hydrolysis) is 1. The van der Waals surface area contributed by atoms with E-state index in [-0.39, 0.29) is 11.4 Å². The van der Waals surface area contributed by atoms with Gasteiger partial charge < -0.3 is 14.8 Å². The van der Waals surface area contributed by atoms with Gasteiger partial charge in [-0.1, -0.05) is 19.8 Å². The van der Waals surface area contributed by atoms with Crippen LogP contribution < -0.4 is 10.1 Å². The molecule has 1 amide bonds. The van der Waals surface area contributed by atoms with Crippen LogP contribution in [0.3, 0.4) is 0 Å². The molecule has 138 valence electrons. The van der Waals surface area contributed by atoms with Gasteiger partial charge >= 0.3 is 12.1 Å². The minimum atomic E-state index is -0.856. The lowest BCUT2D eigenvalue weighted by atomic mass is 10.1. The highest BCUT2D eigenvalue weighted by Gasteiger charge is 2.25. The molecule has 0 saturated carbocycles. The highest BCUT2D eigenvalue weighted by Crippen LogP contribution is 2.18. The number of carbonyl (C=O) groups is 2. The smallest absolute Gasteiger partial charge is 0.408 e. The third-order valence-electron chi connectivity index (χ3n) is 3.09. The molecule has 1 atom stereocenters. The number of non-ortho nitro benzene ring substituents is 1. The number of esters is 1. The third-order valence-corrected chi connectivity index (χ3v) is 3.09. The number of carbonyl (C=O) groups excluding carboxylic acids is 2. The Kier molecular flexibility index (Phi) is 7.35. The summed E-state index contributed by atoms with van der Waals surface area (Å²) in [5, 5.41) is 13.1. The molecule has 1 aromatic carbocycles. The number of amides is 1. The molecular formula is C17H24N2O6. The molecule has 25 heavy (non-hydrogen) atoms. The second-order valence-electron chi connectivity index (χ2n) is 6.51. The minimum absolute atomic E-state index is 0.103. The molecule has 0 spiro atoms. The van der Waals surface area contributed by atoms with Crippen LogP contribution in [0.25, 0.3) is 0 Å². The number of nitro benzene ring substituents is 1. The van der Waals surface area contributed by atoms with E-state index in [0.717, 1.165) is 12.8 Å². The first-order valence-corrected chi connectivity index (χ1v) is 8.08. The molecule has 0 aliphatic rings. The Morgan fingerprint density at radius 1 is 1.24 bits per heavy atom. The van der Waals surface area contributed by atoms with Gasteiger partial charge in [0.2, 0.25) is 0 Å². The van der Waals surface area contributed by atoms with E-state index in [1.807, 2.05) is 6.92 Å². The minimum Gasteiger partial charge on any atom is -0.444 e. The Labute approximate surface area is 146 Å². The number of ether oxygens (including phenoxy) is 2. The Balaban J connectivity index is 2.75. The van der Waals surface area contributed by atoms with Crippen molar-refractivity contribution in [3.63, 3.8) is 0 Å². The molecule has 1 rings (SSSR count). The molecule has 8 nitrogen and oxygen atoms in total. The van der Waals surface area contributed by atoms with Crippen molar-refractivity contribution < 1.29 is 24.0 Å². The van der Waals surface area contributed by atoms with Crippen LogP contribution in [0, 0.1) is 10.1 Å². The van der Waals surface area contributed by atoms with E-state index in [4.69, 9.17) is 9.47 Å². The second-order valence-corrected chi connectivity index (χ2v) is 6.51. The van der Waals surface area contributed by atoms with E-state index >= 15 is 0 Å². The van der Waals surface area contributed by atoms with E-state index in [2.05, 4.69) is 5.32 Å². The van der Waals surface area contributed by atoms with Gasteiger partial charge in [-0.05, 0) is 39.3 Å². The summed E-state index contributed by atoms with van der Waals surface area (Å²) < 4.78 is 10.4. The Bertz CT molecular complexity index is 607. The normalized spacial score (nSPS) is 12.2. The fourth-order valence-electron chi connectivity index (χ4n) is 1.93. The van der Waals surface area contributed by atoms with Gasteiger partial charge in [-0.3, -0.25) is 10.1 Å². The standard InChI is InChI=1S/C17H24N2O6/c1-5-6-7-14(18-16(21)25-17(2,3)4)15(20)24-13-10-8-12(9-11-13)19(22)23/h8-11,14H,5-7H2,1-4H3,(H,18,21)/t14-/m0/s1. The summed E-state index contributed by atoms with van der Waals surface area (Å²) in [4.78, 5) is 34.3. The lowest BCUT2D eigenvalue weighted by Gasteiger charge is -2.22. The number of nitrogens with one attached hydrogen (secondary N) is 1. The van der Waals surface area contributed by atoms with Crippen LogP contribution in [0.4, 0.5) is 10.5 Å². The molecule has 0 heterocycles. The summed E-state index contributed by atoms with van der Waals surface area (Å²) >= 11 is 0. The lowest BCUT2D eigenvalue weighted by molar-refractivity contribution is -0.384. The van der Waals surface area contributed by atoms with Gasteiger partial charge in [0.25, 0.3) is 5.69 Å². The van der Waals surface area contributed by atoms with Crippen LogP contribution in [0.1, 0.15) is 47.0 Å². The fourth-order valence-corrected chi connectivity index (χ4v) is 1.93. The maximum atomic E-state index is 12.3. The third kappa shape index (κ3) is 7.65. The number of benzene rings is 1.